The number of unbranched alkanes of at least 4 members (excludes halogenated alkanes) is 3. The van der Waals surface area contributed by atoms with Crippen molar-refractivity contribution in [1.82, 2.24) is 5.32 Å². The number of hydrogen-bond acceptors (Lipinski definition) is 2. The van der Waals surface area contributed by atoms with Crippen molar-refractivity contribution < 1.29 is 4.79 Å². The molecule has 0 saturated carbocycles. The molecule has 3 heteroatoms. The number of carbonyl (C=O) groups is 1. The number of carbonyl (C=O) groups excluding carboxylic acids is 1. The molecule has 0 aromatic heterocycles. The quantitative estimate of drug-likeness (QED) is 0.496. The molecule has 0 aromatic rings. The van der Waals surface area contributed by atoms with Gasteiger partial charge in [-0.05, 0) is 32.2 Å². The summed E-state index contributed by atoms with van der Waals surface area (Å²) in [5.41, 5.74) is 5.39. The molecule has 3 N–H and O–H groups in total. The van der Waals surface area contributed by atoms with E-state index >= 15 is 0 Å². The highest BCUT2D eigenvalue weighted by atomic mass is 16.1. The van der Waals surface area contributed by atoms with Crippen LogP contribution in [0.5, 0.6) is 0 Å². The van der Waals surface area contributed by atoms with Gasteiger partial charge in [0.1, 0.15) is 0 Å². The molecule has 1 amide bonds. The lowest BCUT2D eigenvalue weighted by atomic mass is 10.1. The normalized spacial score (nSPS) is 15.8. The van der Waals surface area contributed by atoms with E-state index in [-0.39, 0.29) is 5.91 Å². The molecule has 0 fully saturated rings. The van der Waals surface area contributed by atoms with Gasteiger partial charge in [-0.25, -0.2) is 0 Å². The van der Waals surface area contributed by atoms with Crippen molar-refractivity contribution in [3.63, 3.8) is 0 Å². The van der Waals surface area contributed by atoms with Crippen molar-refractivity contribution >= 4 is 5.91 Å². The zero-order chi connectivity index (χ0) is 10.9. The van der Waals surface area contributed by atoms with E-state index in [1.165, 1.54) is 0 Å². The maximum absolute atomic E-state index is 11.5. The van der Waals surface area contributed by atoms with Gasteiger partial charge >= 0.3 is 0 Å². The summed E-state index contributed by atoms with van der Waals surface area (Å²) < 4.78 is 0. The Hall–Kier alpha value is -0.830. The van der Waals surface area contributed by atoms with Gasteiger partial charge in [0.2, 0.25) is 5.91 Å². The smallest absolute Gasteiger partial charge is 0.220 e. The standard InChI is InChI=1S/C12H22N2O/c13-10-6-2-1-3-9-12(15)14-11-7-4-5-8-11/h4-5,11H,1-3,6-10,13H2,(H,14,15). The third kappa shape index (κ3) is 5.57. The Morgan fingerprint density at radius 1 is 1.20 bits per heavy atom. The molecule has 0 aromatic carbocycles. The fourth-order valence-electron chi connectivity index (χ4n) is 1.82. The first kappa shape index (κ1) is 12.2. The number of rotatable bonds is 7. The second-order valence-electron chi connectivity index (χ2n) is 4.16. The largest absolute Gasteiger partial charge is 0.353 e. The zero-order valence-electron chi connectivity index (χ0n) is 9.37. The van der Waals surface area contributed by atoms with Crippen molar-refractivity contribution in [2.45, 2.75) is 51.0 Å². The molecule has 0 saturated heterocycles. The Labute approximate surface area is 92.1 Å². The topological polar surface area (TPSA) is 55.1 Å². The summed E-state index contributed by atoms with van der Waals surface area (Å²) in [6.07, 6.45) is 11.3. The molecule has 0 heterocycles. The maximum atomic E-state index is 11.5. The molecule has 1 rings (SSSR count). The van der Waals surface area contributed by atoms with E-state index in [1.807, 2.05) is 0 Å². The van der Waals surface area contributed by atoms with Gasteiger partial charge in [-0.15, -0.1) is 0 Å². The fourth-order valence-corrected chi connectivity index (χ4v) is 1.82. The van der Waals surface area contributed by atoms with E-state index in [1.54, 1.807) is 0 Å². The third-order valence-electron chi connectivity index (χ3n) is 2.73. The van der Waals surface area contributed by atoms with E-state index in [0.29, 0.717) is 12.5 Å². The Bertz CT molecular complexity index is 206. The first-order valence-electron chi connectivity index (χ1n) is 5.97. The van der Waals surface area contributed by atoms with Crippen molar-refractivity contribution in [3.05, 3.63) is 12.2 Å². The minimum absolute atomic E-state index is 0.205. The van der Waals surface area contributed by atoms with Crippen LogP contribution in [0.3, 0.4) is 0 Å². The zero-order valence-corrected chi connectivity index (χ0v) is 9.37. The monoisotopic (exact) mass is 210 g/mol. The molecule has 0 unspecified atom stereocenters. The Kier molecular flexibility index (Phi) is 6.09. The fraction of sp³-hybridized carbons (Fsp3) is 0.750. The number of nitrogens with one attached hydrogen (secondary N) is 1. The lowest BCUT2D eigenvalue weighted by Crippen LogP contribution is -2.32. The van der Waals surface area contributed by atoms with Gasteiger partial charge in [-0.2, -0.15) is 0 Å². The van der Waals surface area contributed by atoms with Gasteiger partial charge in [-0.3, -0.25) is 4.79 Å². The van der Waals surface area contributed by atoms with Gasteiger partial charge in [0, 0.05) is 12.5 Å². The van der Waals surface area contributed by atoms with Crippen LogP contribution >= 0.6 is 0 Å². The molecule has 0 radical (unpaired) electrons. The highest BCUT2D eigenvalue weighted by molar-refractivity contribution is 5.76. The molecular weight excluding hydrogens is 188 g/mol. The van der Waals surface area contributed by atoms with Crippen LogP contribution in [-0.4, -0.2) is 18.5 Å². The molecular formula is C12H22N2O. The molecule has 0 aliphatic heterocycles. The predicted octanol–water partition coefficient (Wildman–Crippen LogP) is 1.73. The Morgan fingerprint density at radius 2 is 1.87 bits per heavy atom. The summed E-state index contributed by atoms with van der Waals surface area (Å²) in [6.45, 7) is 0.764. The summed E-state index contributed by atoms with van der Waals surface area (Å²) in [7, 11) is 0. The summed E-state index contributed by atoms with van der Waals surface area (Å²) in [5, 5.41) is 3.04. The van der Waals surface area contributed by atoms with Crippen LogP contribution in [0.1, 0.15) is 44.9 Å². The lowest BCUT2D eigenvalue weighted by Gasteiger charge is -2.11. The van der Waals surface area contributed by atoms with E-state index < -0.39 is 0 Å². The highest BCUT2D eigenvalue weighted by Gasteiger charge is 2.12. The van der Waals surface area contributed by atoms with Crippen LogP contribution < -0.4 is 11.1 Å². The maximum Gasteiger partial charge on any atom is 0.220 e. The second-order valence-corrected chi connectivity index (χ2v) is 4.16. The van der Waals surface area contributed by atoms with Gasteiger partial charge < -0.3 is 11.1 Å². The number of hydrogen-bond donors (Lipinski definition) is 2. The Balaban J connectivity index is 1.94. The molecule has 0 bridgehead atoms. The summed E-state index contributed by atoms with van der Waals surface area (Å²) in [4.78, 5) is 11.5. The molecule has 0 spiro atoms. The van der Waals surface area contributed by atoms with Gasteiger partial charge in [0.15, 0.2) is 0 Å². The molecule has 0 atom stereocenters. The van der Waals surface area contributed by atoms with Crippen molar-refractivity contribution in [1.29, 1.82) is 0 Å². The predicted molar refractivity (Wildman–Crippen MR) is 62.4 cm³/mol. The van der Waals surface area contributed by atoms with Crippen LogP contribution in [0.4, 0.5) is 0 Å². The van der Waals surface area contributed by atoms with E-state index in [2.05, 4.69) is 17.5 Å². The molecule has 1 aliphatic carbocycles. The first-order valence-corrected chi connectivity index (χ1v) is 5.97. The average molecular weight is 210 g/mol. The van der Waals surface area contributed by atoms with Gasteiger partial charge in [-0.1, -0.05) is 25.0 Å². The second kappa shape index (κ2) is 7.46. The van der Waals surface area contributed by atoms with Crippen LogP contribution in [0, 0.1) is 0 Å². The van der Waals surface area contributed by atoms with Crippen LogP contribution in [0.2, 0.25) is 0 Å². The molecule has 15 heavy (non-hydrogen) atoms. The van der Waals surface area contributed by atoms with Gasteiger partial charge in [0.25, 0.3) is 0 Å². The van der Waals surface area contributed by atoms with Crippen LogP contribution in [-0.2, 0) is 4.79 Å². The Morgan fingerprint density at radius 3 is 2.53 bits per heavy atom. The summed E-state index contributed by atoms with van der Waals surface area (Å²) in [6, 6.07) is 0.363. The number of amides is 1. The molecule has 3 nitrogen and oxygen atoms in total. The van der Waals surface area contributed by atoms with E-state index in [4.69, 9.17) is 5.73 Å². The number of nitrogens with two attached hydrogens (primary N) is 1. The van der Waals surface area contributed by atoms with Crippen LogP contribution in [0.15, 0.2) is 12.2 Å². The highest BCUT2D eigenvalue weighted by Crippen LogP contribution is 2.10. The van der Waals surface area contributed by atoms with E-state index in [0.717, 1.165) is 45.1 Å². The lowest BCUT2D eigenvalue weighted by molar-refractivity contribution is -0.121. The third-order valence-corrected chi connectivity index (χ3v) is 2.73. The molecule has 86 valence electrons. The minimum atomic E-state index is 0.205. The van der Waals surface area contributed by atoms with Crippen molar-refractivity contribution in [3.8, 4) is 0 Å². The SMILES string of the molecule is NCCCCCCC(=O)NC1CC=CC1. The van der Waals surface area contributed by atoms with Crippen molar-refractivity contribution in [2.24, 2.45) is 5.73 Å². The average Bonchev–Trinajstić information content (AvgIpc) is 2.70. The van der Waals surface area contributed by atoms with Crippen LogP contribution in [0.25, 0.3) is 0 Å². The summed E-state index contributed by atoms with van der Waals surface area (Å²) >= 11 is 0. The van der Waals surface area contributed by atoms with E-state index in [9.17, 15) is 4.79 Å². The molecule has 1 aliphatic rings. The minimum Gasteiger partial charge on any atom is -0.353 e. The van der Waals surface area contributed by atoms with Crippen molar-refractivity contribution in [2.75, 3.05) is 6.54 Å². The van der Waals surface area contributed by atoms with Gasteiger partial charge in [0.05, 0.1) is 0 Å². The first-order chi connectivity index (χ1) is 7.33. The summed E-state index contributed by atoms with van der Waals surface area (Å²) in [5.74, 6) is 0.205.